The van der Waals surface area contributed by atoms with Crippen LogP contribution in [0.1, 0.15) is 13.8 Å². The number of nitrogens with zero attached hydrogens (tertiary/aromatic N) is 2. The van der Waals surface area contributed by atoms with Crippen LogP contribution in [-0.2, 0) is 4.79 Å². The first kappa shape index (κ1) is 10.5. The van der Waals surface area contributed by atoms with Gasteiger partial charge in [0.05, 0.1) is 6.54 Å². The van der Waals surface area contributed by atoms with E-state index in [9.17, 15) is 4.79 Å². The van der Waals surface area contributed by atoms with Gasteiger partial charge in [-0.1, -0.05) is 0 Å². The second kappa shape index (κ2) is 5.19. The number of carbonyl (C=O) groups is 1. The summed E-state index contributed by atoms with van der Waals surface area (Å²) in [5.74, 6) is 0.122. The number of rotatable bonds is 3. The summed E-state index contributed by atoms with van der Waals surface area (Å²) in [5, 5.41) is 7.10. The lowest BCUT2D eigenvalue weighted by molar-refractivity contribution is -0.122. The number of piperazine rings is 1. The number of nitrogens with one attached hydrogen (secondary N) is 1. The van der Waals surface area contributed by atoms with Crippen LogP contribution in [0.15, 0.2) is 0 Å². The van der Waals surface area contributed by atoms with Crippen LogP contribution in [0.2, 0.25) is 0 Å². The number of carbonyl (C=O) groups excluding carboxylic acids is 1. The minimum atomic E-state index is 0.122. The normalized spacial score (nSPS) is 19.0. The lowest BCUT2D eigenvalue weighted by Crippen LogP contribution is -2.46. The minimum Gasteiger partial charge on any atom is -0.353 e. The fourth-order valence-corrected chi connectivity index (χ4v) is 1.38. The van der Waals surface area contributed by atoms with Gasteiger partial charge in [0.2, 0.25) is 5.91 Å². The van der Waals surface area contributed by atoms with Gasteiger partial charge in [0, 0.05) is 32.2 Å². The lowest BCUT2D eigenvalue weighted by Gasteiger charge is -2.25. The fraction of sp³-hybridized carbons (Fsp3) is 0.889. The summed E-state index contributed by atoms with van der Waals surface area (Å²) in [4.78, 5) is 13.5. The van der Waals surface area contributed by atoms with Crippen LogP contribution in [0, 0.1) is 0 Å². The highest BCUT2D eigenvalue weighted by molar-refractivity contribution is 5.78. The molecule has 0 bridgehead atoms. The lowest BCUT2D eigenvalue weighted by atomic mass is 10.3. The Bertz CT molecular complexity index is 164. The van der Waals surface area contributed by atoms with Crippen molar-refractivity contribution in [3.8, 4) is 0 Å². The second-order valence-electron chi connectivity index (χ2n) is 3.67. The van der Waals surface area contributed by atoms with E-state index in [-0.39, 0.29) is 11.9 Å². The average Bonchev–Trinajstić information content (AvgIpc) is 2.04. The molecule has 4 heteroatoms. The third-order valence-corrected chi connectivity index (χ3v) is 1.97. The summed E-state index contributed by atoms with van der Waals surface area (Å²) < 4.78 is 0. The van der Waals surface area contributed by atoms with Gasteiger partial charge in [0.1, 0.15) is 0 Å². The van der Waals surface area contributed by atoms with E-state index in [1.165, 1.54) is 0 Å². The van der Waals surface area contributed by atoms with E-state index in [1.54, 1.807) is 0 Å². The highest BCUT2D eigenvalue weighted by Crippen LogP contribution is 1.92. The third-order valence-electron chi connectivity index (χ3n) is 1.97. The van der Waals surface area contributed by atoms with Gasteiger partial charge in [0.15, 0.2) is 0 Å². The zero-order valence-electron chi connectivity index (χ0n) is 8.42. The first-order chi connectivity index (χ1) is 6.18. The maximum Gasteiger partial charge on any atom is 0.234 e. The minimum absolute atomic E-state index is 0.122. The molecule has 1 aliphatic heterocycles. The highest BCUT2D eigenvalue weighted by atomic mass is 16.2. The molecule has 1 radical (unpaired) electrons. The van der Waals surface area contributed by atoms with Gasteiger partial charge in [0.25, 0.3) is 0 Å². The van der Waals surface area contributed by atoms with Gasteiger partial charge in [-0.05, 0) is 13.8 Å². The quantitative estimate of drug-likeness (QED) is 0.638. The van der Waals surface area contributed by atoms with Crippen LogP contribution in [0.4, 0.5) is 0 Å². The summed E-state index contributed by atoms with van der Waals surface area (Å²) in [6.07, 6.45) is 0. The zero-order chi connectivity index (χ0) is 9.68. The van der Waals surface area contributed by atoms with Gasteiger partial charge in [-0.25, -0.2) is 5.32 Å². The van der Waals surface area contributed by atoms with Gasteiger partial charge < -0.3 is 5.32 Å². The first-order valence-corrected chi connectivity index (χ1v) is 4.83. The van der Waals surface area contributed by atoms with Crippen LogP contribution < -0.4 is 10.6 Å². The molecule has 1 rings (SSSR count). The molecular formula is C9H18N3O. The molecule has 0 unspecified atom stereocenters. The van der Waals surface area contributed by atoms with Crippen LogP contribution >= 0.6 is 0 Å². The van der Waals surface area contributed by atoms with Crippen LogP contribution in [-0.4, -0.2) is 49.6 Å². The van der Waals surface area contributed by atoms with Crippen molar-refractivity contribution < 1.29 is 4.79 Å². The fourth-order valence-electron chi connectivity index (χ4n) is 1.38. The smallest absolute Gasteiger partial charge is 0.234 e. The molecule has 75 valence electrons. The molecule has 1 amide bonds. The standard InChI is InChI=1S/C9H18N3O/c1-8(2)11-9(13)7-12-5-3-10-4-6-12/h8H,3-7H2,1-2H3,(H,11,13). The topological polar surface area (TPSA) is 46.4 Å². The monoisotopic (exact) mass is 184 g/mol. The predicted molar refractivity (Wildman–Crippen MR) is 51.6 cm³/mol. The third kappa shape index (κ3) is 4.24. The Morgan fingerprint density at radius 3 is 2.62 bits per heavy atom. The Balaban J connectivity index is 2.18. The van der Waals surface area contributed by atoms with Gasteiger partial charge in [-0.3, -0.25) is 9.69 Å². The van der Waals surface area contributed by atoms with E-state index in [4.69, 9.17) is 0 Å². The Morgan fingerprint density at radius 1 is 1.46 bits per heavy atom. The molecule has 0 saturated carbocycles. The molecule has 1 N–H and O–H groups in total. The zero-order valence-corrected chi connectivity index (χ0v) is 8.42. The van der Waals surface area contributed by atoms with E-state index in [0.717, 1.165) is 26.2 Å². The van der Waals surface area contributed by atoms with Crippen LogP contribution in [0.3, 0.4) is 0 Å². The largest absolute Gasteiger partial charge is 0.353 e. The Kier molecular flexibility index (Phi) is 4.18. The van der Waals surface area contributed by atoms with E-state index in [0.29, 0.717) is 6.54 Å². The van der Waals surface area contributed by atoms with Crippen molar-refractivity contribution in [2.75, 3.05) is 32.7 Å². The maximum absolute atomic E-state index is 11.3. The average molecular weight is 184 g/mol. The van der Waals surface area contributed by atoms with Crippen molar-refractivity contribution in [3.05, 3.63) is 0 Å². The molecule has 1 saturated heterocycles. The Labute approximate surface area is 79.7 Å². The van der Waals surface area contributed by atoms with Crippen LogP contribution in [0.25, 0.3) is 0 Å². The van der Waals surface area contributed by atoms with Crippen molar-refractivity contribution in [2.24, 2.45) is 0 Å². The number of amides is 1. The maximum atomic E-state index is 11.3. The van der Waals surface area contributed by atoms with Gasteiger partial charge >= 0.3 is 0 Å². The van der Waals surface area contributed by atoms with E-state index < -0.39 is 0 Å². The molecule has 0 atom stereocenters. The summed E-state index contributed by atoms with van der Waals surface area (Å²) in [6, 6.07) is 0.238. The number of hydrogen-bond donors (Lipinski definition) is 1. The van der Waals surface area contributed by atoms with Crippen molar-refractivity contribution in [2.45, 2.75) is 19.9 Å². The van der Waals surface area contributed by atoms with Gasteiger partial charge in [-0.15, -0.1) is 0 Å². The SMILES string of the molecule is CC(C)NC(=O)CN1CC[N]CC1. The molecule has 0 aliphatic carbocycles. The molecular weight excluding hydrogens is 166 g/mol. The molecule has 0 aromatic carbocycles. The summed E-state index contributed by atoms with van der Waals surface area (Å²) in [6.45, 7) is 8.06. The number of hydrogen-bond acceptors (Lipinski definition) is 2. The molecule has 0 spiro atoms. The first-order valence-electron chi connectivity index (χ1n) is 4.83. The molecule has 1 fully saturated rings. The molecule has 1 aliphatic rings. The van der Waals surface area contributed by atoms with E-state index in [1.807, 2.05) is 13.8 Å². The predicted octanol–water partition coefficient (Wildman–Crippen LogP) is -0.569. The molecule has 0 aromatic rings. The summed E-state index contributed by atoms with van der Waals surface area (Å²) in [7, 11) is 0. The van der Waals surface area contributed by atoms with Gasteiger partial charge in [-0.2, -0.15) is 0 Å². The van der Waals surface area contributed by atoms with E-state index in [2.05, 4.69) is 15.5 Å². The summed E-state index contributed by atoms with van der Waals surface area (Å²) >= 11 is 0. The molecule has 4 nitrogen and oxygen atoms in total. The second-order valence-corrected chi connectivity index (χ2v) is 3.67. The van der Waals surface area contributed by atoms with E-state index >= 15 is 0 Å². The van der Waals surface area contributed by atoms with Crippen molar-refractivity contribution in [3.63, 3.8) is 0 Å². The van der Waals surface area contributed by atoms with Crippen molar-refractivity contribution in [1.82, 2.24) is 15.5 Å². The van der Waals surface area contributed by atoms with Crippen LogP contribution in [0.5, 0.6) is 0 Å². The highest BCUT2D eigenvalue weighted by Gasteiger charge is 2.13. The van der Waals surface area contributed by atoms with Crippen molar-refractivity contribution in [1.29, 1.82) is 0 Å². The molecule has 13 heavy (non-hydrogen) atoms. The Morgan fingerprint density at radius 2 is 2.08 bits per heavy atom. The Hall–Kier alpha value is -0.610. The van der Waals surface area contributed by atoms with Crippen molar-refractivity contribution >= 4 is 5.91 Å². The summed E-state index contributed by atoms with van der Waals surface area (Å²) in [5.41, 5.74) is 0. The molecule has 0 aromatic heterocycles. The molecule has 1 heterocycles.